The van der Waals surface area contributed by atoms with Crippen LogP contribution in [0.5, 0.6) is 23.0 Å². The average Bonchev–Trinajstić information content (AvgIpc) is 3.40. The van der Waals surface area contributed by atoms with Crippen molar-refractivity contribution in [2.45, 2.75) is 11.6 Å². The first-order valence-corrected chi connectivity index (χ1v) is 14.5. The number of halogens is 1. The molecule has 1 amide bonds. The van der Waals surface area contributed by atoms with Gasteiger partial charge in [0.1, 0.15) is 17.3 Å². The summed E-state index contributed by atoms with van der Waals surface area (Å²) in [5.41, 5.74) is 2.55. The van der Waals surface area contributed by atoms with Crippen LogP contribution in [-0.4, -0.2) is 40.6 Å². The monoisotopic (exact) mass is 630 g/mol. The van der Waals surface area contributed by atoms with Crippen LogP contribution in [0.4, 0.5) is 5.69 Å². The molecule has 0 atom stereocenters. The first-order valence-electron chi connectivity index (χ1n) is 12.7. The number of hydrogen-bond acceptors (Lipinski definition) is 7. The van der Waals surface area contributed by atoms with Gasteiger partial charge in [0, 0.05) is 22.3 Å². The number of methoxy groups -OCH3 is 2. The number of ether oxygens (including phenoxy) is 3. The van der Waals surface area contributed by atoms with Crippen LogP contribution in [0.15, 0.2) is 107 Å². The minimum atomic E-state index is -0.139. The topological polar surface area (TPSA) is 87.5 Å². The van der Waals surface area contributed by atoms with E-state index in [1.807, 2.05) is 102 Å². The maximum absolute atomic E-state index is 12.7. The zero-order valence-corrected chi connectivity index (χ0v) is 24.8. The number of anilines is 1. The maximum atomic E-state index is 12.7. The van der Waals surface area contributed by atoms with Crippen LogP contribution < -0.4 is 19.5 Å². The third kappa shape index (κ3) is 7.27. The smallest absolute Gasteiger partial charge is 0.234 e. The van der Waals surface area contributed by atoms with E-state index in [-0.39, 0.29) is 11.7 Å². The molecule has 0 saturated carbocycles. The number of thioether (sulfide) groups is 1. The van der Waals surface area contributed by atoms with Gasteiger partial charge in [0.25, 0.3) is 0 Å². The van der Waals surface area contributed by atoms with Gasteiger partial charge in [-0.25, -0.2) is 0 Å². The second-order valence-corrected chi connectivity index (χ2v) is 10.7. The summed E-state index contributed by atoms with van der Waals surface area (Å²) in [5.74, 6) is 3.49. The van der Waals surface area contributed by atoms with Crippen LogP contribution in [0.3, 0.4) is 0 Å². The lowest BCUT2D eigenvalue weighted by Crippen LogP contribution is -2.14. The van der Waals surface area contributed by atoms with Crippen molar-refractivity contribution in [3.63, 3.8) is 0 Å². The Bertz CT molecular complexity index is 1610. The Hall–Kier alpha value is -4.28. The van der Waals surface area contributed by atoms with Crippen LogP contribution in [0.2, 0.25) is 0 Å². The van der Waals surface area contributed by atoms with Crippen LogP contribution >= 0.6 is 27.7 Å². The summed E-state index contributed by atoms with van der Waals surface area (Å²) in [5, 5.41) is 12.5. The molecular weight excluding hydrogens is 604 g/mol. The van der Waals surface area contributed by atoms with Gasteiger partial charge in [-0.15, -0.1) is 10.2 Å². The maximum Gasteiger partial charge on any atom is 0.234 e. The highest BCUT2D eigenvalue weighted by Gasteiger charge is 2.18. The average molecular weight is 632 g/mol. The largest absolute Gasteiger partial charge is 0.493 e. The van der Waals surface area contributed by atoms with Gasteiger partial charge in [-0.05, 0) is 78.4 Å². The molecule has 4 aromatic carbocycles. The van der Waals surface area contributed by atoms with E-state index in [1.165, 1.54) is 11.8 Å². The van der Waals surface area contributed by atoms with Crippen molar-refractivity contribution in [2.75, 3.05) is 25.3 Å². The molecule has 41 heavy (non-hydrogen) atoms. The van der Waals surface area contributed by atoms with Crippen molar-refractivity contribution in [3.8, 4) is 28.7 Å². The van der Waals surface area contributed by atoms with Crippen molar-refractivity contribution in [2.24, 2.45) is 0 Å². The molecule has 8 nitrogen and oxygen atoms in total. The van der Waals surface area contributed by atoms with Crippen molar-refractivity contribution < 1.29 is 19.0 Å². The molecule has 0 aliphatic heterocycles. The molecule has 5 aromatic rings. The SMILES string of the molecule is COc1ccc(Cc2nnc(SCC(=O)Nc3ccc(Br)cc3)n2-c2ccc(Oc3ccccc3)cc2)cc1OC. The van der Waals surface area contributed by atoms with Crippen molar-refractivity contribution >= 4 is 39.3 Å². The summed E-state index contributed by atoms with van der Waals surface area (Å²) in [7, 11) is 3.22. The standard InChI is InChI=1S/C31H27BrN4O4S/c1-38-27-17-8-21(18-28(27)39-2)19-29-34-35-31(41-20-30(37)33-23-11-9-22(32)10-12-23)36(29)24-13-15-26(16-14-24)40-25-6-4-3-5-7-25/h3-18H,19-20H2,1-2H3,(H,33,37). The number of benzene rings is 4. The van der Waals surface area contributed by atoms with Gasteiger partial charge in [-0.2, -0.15) is 0 Å². The number of aromatic nitrogens is 3. The number of nitrogens with one attached hydrogen (secondary N) is 1. The fourth-order valence-electron chi connectivity index (χ4n) is 4.09. The van der Waals surface area contributed by atoms with E-state index in [0.717, 1.165) is 27.2 Å². The molecule has 0 aliphatic carbocycles. The lowest BCUT2D eigenvalue weighted by Gasteiger charge is -2.13. The molecule has 0 unspecified atom stereocenters. The first-order chi connectivity index (χ1) is 20.0. The van der Waals surface area contributed by atoms with Gasteiger partial charge in [0.15, 0.2) is 16.7 Å². The van der Waals surface area contributed by atoms with E-state index in [1.54, 1.807) is 14.2 Å². The molecule has 5 rings (SSSR count). The molecular formula is C31H27BrN4O4S. The molecule has 10 heteroatoms. The molecule has 208 valence electrons. The predicted molar refractivity (Wildman–Crippen MR) is 164 cm³/mol. The number of nitrogens with zero attached hydrogens (tertiary/aromatic N) is 3. The fraction of sp³-hybridized carbons (Fsp3) is 0.129. The number of amides is 1. The highest BCUT2D eigenvalue weighted by molar-refractivity contribution is 9.10. The van der Waals surface area contributed by atoms with Crippen LogP contribution in [0.25, 0.3) is 5.69 Å². The Balaban J connectivity index is 1.39. The lowest BCUT2D eigenvalue weighted by atomic mass is 10.1. The summed E-state index contributed by atoms with van der Waals surface area (Å²) in [4.78, 5) is 12.7. The Kier molecular flexibility index (Phi) is 9.22. The number of hydrogen-bond donors (Lipinski definition) is 1. The normalized spacial score (nSPS) is 10.7. The quantitative estimate of drug-likeness (QED) is 0.155. The summed E-state index contributed by atoms with van der Waals surface area (Å²) in [6.07, 6.45) is 0.487. The molecule has 0 aliphatic rings. The molecule has 0 bridgehead atoms. The summed E-state index contributed by atoms with van der Waals surface area (Å²) in [6.45, 7) is 0. The Labute approximate surface area is 250 Å². The minimum absolute atomic E-state index is 0.139. The molecule has 1 N–H and O–H groups in total. The van der Waals surface area contributed by atoms with E-state index in [2.05, 4.69) is 31.4 Å². The molecule has 0 saturated heterocycles. The van der Waals surface area contributed by atoms with E-state index < -0.39 is 0 Å². The van der Waals surface area contributed by atoms with Gasteiger partial charge in [0.05, 0.1) is 20.0 Å². The zero-order valence-electron chi connectivity index (χ0n) is 22.4. The molecule has 1 heterocycles. The number of carbonyl (C=O) groups excluding carboxylic acids is 1. The van der Waals surface area contributed by atoms with Crippen LogP contribution in [0.1, 0.15) is 11.4 Å². The third-order valence-corrected chi connectivity index (χ3v) is 7.50. The Morgan fingerprint density at radius 2 is 1.56 bits per heavy atom. The number of carbonyl (C=O) groups is 1. The van der Waals surface area contributed by atoms with Gasteiger partial charge in [-0.1, -0.05) is 52.0 Å². The summed E-state index contributed by atoms with van der Waals surface area (Å²) >= 11 is 4.73. The van der Waals surface area contributed by atoms with E-state index in [9.17, 15) is 4.79 Å². The lowest BCUT2D eigenvalue weighted by molar-refractivity contribution is -0.113. The highest BCUT2D eigenvalue weighted by Crippen LogP contribution is 2.30. The van der Waals surface area contributed by atoms with Crippen molar-refractivity contribution in [1.82, 2.24) is 14.8 Å². The van der Waals surface area contributed by atoms with E-state index >= 15 is 0 Å². The highest BCUT2D eigenvalue weighted by atomic mass is 79.9. The van der Waals surface area contributed by atoms with Gasteiger partial charge in [0.2, 0.25) is 5.91 Å². The second kappa shape index (κ2) is 13.4. The van der Waals surface area contributed by atoms with Crippen LogP contribution in [-0.2, 0) is 11.2 Å². The summed E-state index contributed by atoms with van der Waals surface area (Å²) in [6, 6.07) is 30.5. The predicted octanol–water partition coefficient (Wildman–Crippen LogP) is 7.16. The molecule has 0 fully saturated rings. The summed E-state index contributed by atoms with van der Waals surface area (Å²) < 4.78 is 19.7. The van der Waals surface area contributed by atoms with E-state index in [0.29, 0.717) is 34.7 Å². The van der Waals surface area contributed by atoms with Gasteiger partial charge >= 0.3 is 0 Å². The zero-order chi connectivity index (χ0) is 28.6. The third-order valence-electron chi connectivity index (χ3n) is 6.04. The Morgan fingerprint density at radius 3 is 2.27 bits per heavy atom. The second-order valence-electron chi connectivity index (χ2n) is 8.85. The van der Waals surface area contributed by atoms with Crippen LogP contribution in [0, 0.1) is 0 Å². The van der Waals surface area contributed by atoms with Gasteiger partial charge < -0.3 is 19.5 Å². The van der Waals surface area contributed by atoms with E-state index in [4.69, 9.17) is 14.2 Å². The fourth-order valence-corrected chi connectivity index (χ4v) is 5.12. The number of rotatable bonds is 11. The van der Waals surface area contributed by atoms with Crippen molar-refractivity contribution in [1.29, 1.82) is 0 Å². The molecule has 0 radical (unpaired) electrons. The van der Waals surface area contributed by atoms with Crippen molar-refractivity contribution in [3.05, 3.63) is 113 Å². The Morgan fingerprint density at radius 1 is 0.854 bits per heavy atom. The van der Waals surface area contributed by atoms with Gasteiger partial charge in [-0.3, -0.25) is 9.36 Å². The number of para-hydroxylation sites is 1. The first kappa shape index (κ1) is 28.3. The molecule has 1 aromatic heterocycles. The molecule has 0 spiro atoms. The minimum Gasteiger partial charge on any atom is -0.493 e.